The number of hydrogen-bond donors (Lipinski definition) is 0. The quantitative estimate of drug-likeness (QED) is 0.417. The van der Waals surface area contributed by atoms with Crippen molar-refractivity contribution in [2.45, 2.75) is 12.6 Å². The fourth-order valence-corrected chi connectivity index (χ4v) is 2.25. The molecule has 0 bridgehead atoms. The number of hydrazine groups is 1. The Kier molecular flexibility index (Phi) is 1.77. The molecule has 0 amide bonds. The summed E-state index contributed by atoms with van der Waals surface area (Å²) in [5.41, 5.74) is 1.31. The molecule has 2 unspecified atom stereocenters. The lowest BCUT2D eigenvalue weighted by Crippen LogP contribution is -1.99. The molecular formula is C10H11N3O2. The third-order valence-corrected chi connectivity index (χ3v) is 3.02. The molecule has 3 rings (SSSR count). The largest absolute Gasteiger partial charge is 0.269 e. The van der Waals surface area contributed by atoms with Crippen LogP contribution in [0.15, 0.2) is 24.3 Å². The number of benzene rings is 1. The fraction of sp³-hybridized carbons (Fsp3) is 0.400. The lowest BCUT2D eigenvalue weighted by Gasteiger charge is -2.00. The molecule has 2 aliphatic heterocycles. The monoisotopic (exact) mass is 205 g/mol. The summed E-state index contributed by atoms with van der Waals surface area (Å²) >= 11 is 0. The minimum absolute atomic E-state index is 0.162. The molecule has 0 saturated carbocycles. The summed E-state index contributed by atoms with van der Waals surface area (Å²) in [6.07, 6.45) is 1.60. The molecule has 1 aromatic carbocycles. The van der Waals surface area contributed by atoms with Crippen LogP contribution in [0.3, 0.4) is 0 Å². The van der Waals surface area contributed by atoms with Crippen LogP contribution in [0.2, 0.25) is 0 Å². The molecule has 2 atom stereocenters. The Bertz CT molecular complexity index is 394. The standard InChI is InChI=1S/C10H11N3O2/c14-13(15)9-4-2-8(3-5-9)10-11-6-1-7-12(10)11/h2-5,10H,1,6-7H2. The first kappa shape index (κ1) is 8.82. The summed E-state index contributed by atoms with van der Waals surface area (Å²) in [7, 11) is 0. The van der Waals surface area contributed by atoms with E-state index >= 15 is 0 Å². The first-order chi connectivity index (χ1) is 7.27. The molecule has 2 aliphatic rings. The number of non-ortho nitro benzene ring substituents is 1. The molecule has 5 nitrogen and oxygen atoms in total. The zero-order valence-electron chi connectivity index (χ0n) is 8.17. The van der Waals surface area contributed by atoms with Crippen LogP contribution in [-0.2, 0) is 0 Å². The van der Waals surface area contributed by atoms with E-state index in [9.17, 15) is 10.1 Å². The Morgan fingerprint density at radius 3 is 2.33 bits per heavy atom. The van der Waals surface area contributed by atoms with E-state index < -0.39 is 0 Å². The number of fused-ring (bicyclic) bond motifs is 1. The number of nitro benzene ring substituents is 1. The van der Waals surface area contributed by atoms with Crippen LogP contribution in [0, 0.1) is 10.1 Å². The lowest BCUT2D eigenvalue weighted by atomic mass is 10.1. The van der Waals surface area contributed by atoms with Crippen molar-refractivity contribution in [1.29, 1.82) is 0 Å². The lowest BCUT2D eigenvalue weighted by molar-refractivity contribution is -0.384. The van der Waals surface area contributed by atoms with E-state index in [-0.39, 0.29) is 10.6 Å². The van der Waals surface area contributed by atoms with E-state index in [4.69, 9.17) is 0 Å². The Morgan fingerprint density at radius 1 is 1.20 bits per heavy atom. The number of nitrogens with zero attached hydrogens (tertiary/aromatic N) is 3. The van der Waals surface area contributed by atoms with Crippen molar-refractivity contribution in [2.75, 3.05) is 13.1 Å². The SMILES string of the molecule is O=[N+]([O-])c1ccc(C2N3CCCN23)cc1. The predicted molar refractivity (Wildman–Crippen MR) is 53.9 cm³/mol. The second-order valence-electron chi connectivity index (χ2n) is 3.90. The zero-order valence-corrected chi connectivity index (χ0v) is 8.17. The summed E-state index contributed by atoms with van der Waals surface area (Å²) in [5, 5.41) is 15.1. The Hall–Kier alpha value is -1.46. The summed E-state index contributed by atoms with van der Waals surface area (Å²) in [5.74, 6) is 0. The molecular weight excluding hydrogens is 194 g/mol. The van der Waals surface area contributed by atoms with E-state index in [0.29, 0.717) is 6.17 Å². The van der Waals surface area contributed by atoms with Crippen LogP contribution in [0.4, 0.5) is 5.69 Å². The van der Waals surface area contributed by atoms with Crippen molar-refractivity contribution in [3.63, 3.8) is 0 Å². The average molecular weight is 205 g/mol. The summed E-state index contributed by atoms with van der Waals surface area (Å²) in [6.45, 7) is 2.23. The molecule has 0 radical (unpaired) electrons. The number of nitro groups is 1. The molecule has 5 heteroatoms. The van der Waals surface area contributed by atoms with Gasteiger partial charge in [0.25, 0.3) is 5.69 Å². The van der Waals surface area contributed by atoms with Crippen molar-refractivity contribution < 1.29 is 4.92 Å². The summed E-state index contributed by atoms with van der Waals surface area (Å²) in [4.78, 5) is 10.1. The van der Waals surface area contributed by atoms with Gasteiger partial charge < -0.3 is 0 Å². The first-order valence-electron chi connectivity index (χ1n) is 5.05. The van der Waals surface area contributed by atoms with Crippen molar-refractivity contribution in [2.24, 2.45) is 0 Å². The minimum Gasteiger partial charge on any atom is -0.258 e. The molecule has 0 aromatic heterocycles. The van der Waals surface area contributed by atoms with Gasteiger partial charge in [-0.2, -0.15) is 0 Å². The maximum Gasteiger partial charge on any atom is 0.269 e. The van der Waals surface area contributed by atoms with Crippen LogP contribution >= 0.6 is 0 Å². The van der Waals surface area contributed by atoms with Gasteiger partial charge in [0, 0.05) is 25.2 Å². The fourth-order valence-electron chi connectivity index (χ4n) is 2.25. The van der Waals surface area contributed by atoms with Crippen LogP contribution in [0.1, 0.15) is 18.2 Å². The third-order valence-electron chi connectivity index (χ3n) is 3.02. The molecule has 0 N–H and O–H groups in total. The third kappa shape index (κ3) is 1.32. The second kappa shape index (κ2) is 3.01. The molecule has 2 fully saturated rings. The molecule has 1 aromatic rings. The van der Waals surface area contributed by atoms with Gasteiger partial charge in [-0.25, -0.2) is 10.0 Å². The molecule has 0 spiro atoms. The van der Waals surface area contributed by atoms with Gasteiger partial charge in [-0.15, -0.1) is 0 Å². The Balaban J connectivity index is 1.80. The van der Waals surface area contributed by atoms with E-state index in [1.807, 2.05) is 12.1 Å². The molecule has 0 aliphatic carbocycles. The molecule has 78 valence electrons. The maximum atomic E-state index is 10.5. The van der Waals surface area contributed by atoms with Gasteiger partial charge in [-0.1, -0.05) is 0 Å². The summed E-state index contributed by atoms with van der Waals surface area (Å²) < 4.78 is 0. The van der Waals surface area contributed by atoms with E-state index in [1.165, 1.54) is 6.42 Å². The van der Waals surface area contributed by atoms with Gasteiger partial charge >= 0.3 is 0 Å². The van der Waals surface area contributed by atoms with Gasteiger partial charge in [-0.3, -0.25) is 10.1 Å². The smallest absolute Gasteiger partial charge is 0.258 e. The maximum absolute atomic E-state index is 10.5. The van der Waals surface area contributed by atoms with Crippen molar-refractivity contribution >= 4 is 5.69 Å². The topological polar surface area (TPSA) is 49.2 Å². The average Bonchev–Trinajstić information content (AvgIpc) is 2.72. The van der Waals surface area contributed by atoms with Crippen LogP contribution in [-0.4, -0.2) is 28.0 Å². The van der Waals surface area contributed by atoms with E-state index in [1.54, 1.807) is 12.1 Å². The first-order valence-corrected chi connectivity index (χ1v) is 5.05. The van der Waals surface area contributed by atoms with E-state index in [2.05, 4.69) is 10.0 Å². The van der Waals surface area contributed by atoms with Gasteiger partial charge in [0.05, 0.1) is 4.92 Å². The van der Waals surface area contributed by atoms with Gasteiger partial charge in [0.1, 0.15) is 6.17 Å². The highest BCUT2D eigenvalue weighted by atomic mass is 16.6. The van der Waals surface area contributed by atoms with Crippen LogP contribution in [0.5, 0.6) is 0 Å². The molecule has 15 heavy (non-hydrogen) atoms. The normalized spacial score (nSPS) is 32.4. The predicted octanol–water partition coefficient (Wildman–Crippen LogP) is 1.53. The minimum atomic E-state index is -0.363. The number of hydrogen-bond acceptors (Lipinski definition) is 4. The Morgan fingerprint density at radius 2 is 1.80 bits per heavy atom. The van der Waals surface area contributed by atoms with Gasteiger partial charge in [0.15, 0.2) is 0 Å². The Labute approximate surface area is 87.0 Å². The highest BCUT2D eigenvalue weighted by molar-refractivity contribution is 5.35. The number of rotatable bonds is 2. The van der Waals surface area contributed by atoms with Gasteiger partial charge in [0.2, 0.25) is 0 Å². The zero-order chi connectivity index (χ0) is 10.4. The molecule has 2 heterocycles. The second-order valence-corrected chi connectivity index (χ2v) is 3.90. The van der Waals surface area contributed by atoms with Gasteiger partial charge in [-0.05, 0) is 24.1 Å². The highest BCUT2D eigenvalue weighted by Gasteiger charge is 2.48. The van der Waals surface area contributed by atoms with E-state index in [0.717, 1.165) is 18.7 Å². The van der Waals surface area contributed by atoms with Crippen molar-refractivity contribution in [1.82, 2.24) is 10.0 Å². The molecule has 2 saturated heterocycles. The van der Waals surface area contributed by atoms with Crippen molar-refractivity contribution in [3.8, 4) is 0 Å². The summed E-state index contributed by atoms with van der Waals surface area (Å²) in [6, 6.07) is 6.85. The highest BCUT2D eigenvalue weighted by Crippen LogP contribution is 2.44. The van der Waals surface area contributed by atoms with Crippen LogP contribution < -0.4 is 0 Å². The van der Waals surface area contributed by atoms with Crippen LogP contribution in [0.25, 0.3) is 0 Å². The van der Waals surface area contributed by atoms with Crippen molar-refractivity contribution in [3.05, 3.63) is 39.9 Å².